The lowest BCUT2D eigenvalue weighted by Crippen LogP contribution is -2.23. The number of amides is 1. The lowest BCUT2D eigenvalue weighted by Gasteiger charge is -2.17. The Kier molecular flexibility index (Phi) is 5.38. The van der Waals surface area contributed by atoms with Gasteiger partial charge in [0.15, 0.2) is 5.69 Å². The van der Waals surface area contributed by atoms with Gasteiger partial charge in [0.25, 0.3) is 5.91 Å². The molecule has 0 saturated carbocycles. The first-order valence-corrected chi connectivity index (χ1v) is 9.28. The summed E-state index contributed by atoms with van der Waals surface area (Å²) in [4.78, 5) is 20.9. The van der Waals surface area contributed by atoms with Crippen molar-refractivity contribution in [2.75, 3.05) is 0 Å². The van der Waals surface area contributed by atoms with Gasteiger partial charge in [0.2, 0.25) is 0 Å². The van der Waals surface area contributed by atoms with Crippen LogP contribution in [0.15, 0.2) is 79.3 Å². The molecule has 0 aliphatic heterocycles. The van der Waals surface area contributed by atoms with Gasteiger partial charge in [-0.1, -0.05) is 65.9 Å². The van der Waals surface area contributed by atoms with Gasteiger partial charge in [-0.05, 0) is 18.1 Å². The van der Waals surface area contributed by atoms with Crippen molar-refractivity contribution in [2.45, 2.75) is 19.5 Å². The van der Waals surface area contributed by atoms with E-state index in [9.17, 15) is 4.79 Å². The smallest absolute Gasteiger partial charge is 0.273 e. The molecule has 2 heterocycles. The van der Waals surface area contributed by atoms with E-state index in [1.807, 2.05) is 67.6 Å². The predicted molar refractivity (Wildman–Crippen MR) is 108 cm³/mol. The number of carbonyl (C=O) groups excluding carboxylic acids is 1. The minimum atomic E-state index is -0.307. The van der Waals surface area contributed by atoms with Gasteiger partial charge in [-0.2, -0.15) is 0 Å². The summed E-state index contributed by atoms with van der Waals surface area (Å²) in [5.41, 5.74) is 3.89. The zero-order valence-electron chi connectivity index (χ0n) is 15.9. The van der Waals surface area contributed by atoms with Crippen LogP contribution < -0.4 is 5.32 Å². The molecule has 1 N–H and O–H groups in total. The first-order chi connectivity index (χ1) is 14.2. The highest BCUT2D eigenvalue weighted by molar-refractivity contribution is 5.91. The fraction of sp³-hybridized carbons (Fsp3) is 0.136. The largest absolute Gasteiger partial charge is 0.345 e. The van der Waals surface area contributed by atoms with Crippen LogP contribution in [0.25, 0.3) is 0 Å². The molecular formula is C22H20N6O. The van der Waals surface area contributed by atoms with Gasteiger partial charge in [-0.25, -0.2) is 4.68 Å². The maximum absolute atomic E-state index is 12.5. The van der Waals surface area contributed by atoms with E-state index in [2.05, 4.69) is 25.6 Å². The summed E-state index contributed by atoms with van der Waals surface area (Å²) in [5.74, 6) is -0.307. The normalized spacial score (nSPS) is 10.8. The minimum absolute atomic E-state index is 0.172. The van der Waals surface area contributed by atoms with Crippen LogP contribution in [-0.4, -0.2) is 30.9 Å². The number of aromatic nitrogens is 5. The van der Waals surface area contributed by atoms with Crippen molar-refractivity contribution in [3.05, 3.63) is 107 Å². The number of carbonyl (C=O) groups is 1. The molecule has 4 rings (SSSR count). The van der Waals surface area contributed by atoms with Crippen LogP contribution in [0.3, 0.4) is 0 Å². The highest BCUT2D eigenvalue weighted by atomic mass is 16.2. The van der Waals surface area contributed by atoms with Gasteiger partial charge in [0, 0.05) is 6.20 Å². The second-order valence-electron chi connectivity index (χ2n) is 6.64. The Labute approximate surface area is 168 Å². The quantitative estimate of drug-likeness (QED) is 0.552. The molecule has 29 heavy (non-hydrogen) atoms. The van der Waals surface area contributed by atoms with E-state index < -0.39 is 0 Å². The second kappa shape index (κ2) is 8.43. The van der Waals surface area contributed by atoms with Crippen molar-refractivity contribution in [3.8, 4) is 0 Å². The molecule has 144 valence electrons. The molecule has 7 heteroatoms. The third-order valence-electron chi connectivity index (χ3n) is 4.50. The van der Waals surface area contributed by atoms with Crippen LogP contribution in [0.5, 0.6) is 0 Å². The van der Waals surface area contributed by atoms with E-state index >= 15 is 0 Å². The molecule has 4 aromatic rings. The lowest BCUT2D eigenvalue weighted by atomic mass is 9.99. The van der Waals surface area contributed by atoms with E-state index in [1.54, 1.807) is 23.3 Å². The number of hydrogen-bond acceptors (Lipinski definition) is 5. The summed E-state index contributed by atoms with van der Waals surface area (Å²) < 4.78 is 1.71. The van der Waals surface area contributed by atoms with Crippen molar-refractivity contribution in [1.82, 2.24) is 30.3 Å². The van der Waals surface area contributed by atoms with Crippen LogP contribution in [0.1, 0.15) is 39.0 Å². The van der Waals surface area contributed by atoms with Crippen molar-refractivity contribution < 1.29 is 4.79 Å². The van der Waals surface area contributed by atoms with Crippen molar-refractivity contribution in [2.24, 2.45) is 0 Å². The number of nitrogens with zero attached hydrogens (tertiary/aromatic N) is 5. The summed E-state index contributed by atoms with van der Waals surface area (Å²) in [6.45, 7) is 2.14. The molecular weight excluding hydrogens is 364 g/mol. The zero-order chi connectivity index (χ0) is 20.1. The van der Waals surface area contributed by atoms with Gasteiger partial charge in [0.1, 0.15) is 6.04 Å². The summed E-state index contributed by atoms with van der Waals surface area (Å²) >= 11 is 0. The number of aryl methyl sites for hydroxylation is 1. The van der Waals surface area contributed by atoms with Crippen LogP contribution in [0, 0.1) is 6.92 Å². The monoisotopic (exact) mass is 384 g/mol. The van der Waals surface area contributed by atoms with Crippen LogP contribution >= 0.6 is 0 Å². The fourth-order valence-electron chi connectivity index (χ4n) is 3.05. The Balaban J connectivity index is 1.55. The van der Waals surface area contributed by atoms with Gasteiger partial charge in [-0.3, -0.25) is 14.8 Å². The predicted octanol–water partition coefficient (Wildman–Crippen LogP) is 2.94. The topological polar surface area (TPSA) is 85.6 Å². The molecule has 0 saturated heterocycles. The van der Waals surface area contributed by atoms with E-state index in [4.69, 9.17) is 0 Å². The summed E-state index contributed by atoms with van der Waals surface area (Å²) in [6.07, 6.45) is 4.98. The maximum Gasteiger partial charge on any atom is 0.273 e. The Morgan fingerprint density at radius 2 is 1.62 bits per heavy atom. The molecule has 0 aliphatic rings. The van der Waals surface area contributed by atoms with Gasteiger partial charge in [0.05, 0.1) is 30.3 Å². The first-order valence-electron chi connectivity index (χ1n) is 9.28. The number of nitrogens with one attached hydrogen (secondary N) is 1. The van der Waals surface area contributed by atoms with Crippen molar-refractivity contribution in [3.63, 3.8) is 0 Å². The van der Waals surface area contributed by atoms with E-state index in [0.717, 1.165) is 16.8 Å². The third kappa shape index (κ3) is 4.35. The molecule has 0 atom stereocenters. The molecule has 0 radical (unpaired) electrons. The molecule has 7 nitrogen and oxygen atoms in total. The SMILES string of the molecule is Cc1cnc(CNC(=O)c2cn(C(c3ccccc3)c3ccccc3)nn2)cn1. The number of rotatable bonds is 6. The molecule has 0 bridgehead atoms. The first kappa shape index (κ1) is 18.5. The Bertz CT molecular complexity index is 1040. The standard InChI is InChI=1S/C22H20N6O/c1-16-12-24-19(13-23-16)14-25-22(29)20-15-28(27-26-20)21(17-8-4-2-5-9-17)18-10-6-3-7-11-18/h2-13,15,21H,14H2,1H3,(H,25,29). The maximum atomic E-state index is 12.5. The Morgan fingerprint density at radius 3 is 2.21 bits per heavy atom. The second-order valence-corrected chi connectivity index (χ2v) is 6.64. The van der Waals surface area contributed by atoms with E-state index in [0.29, 0.717) is 5.69 Å². The molecule has 1 amide bonds. The van der Waals surface area contributed by atoms with Gasteiger partial charge < -0.3 is 5.32 Å². The lowest BCUT2D eigenvalue weighted by molar-refractivity contribution is 0.0945. The highest BCUT2D eigenvalue weighted by Crippen LogP contribution is 2.25. The molecule has 0 aliphatic carbocycles. The summed E-state index contributed by atoms with van der Waals surface area (Å²) in [6, 6.07) is 19.9. The molecule has 0 spiro atoms. The summed E-state index contributed by atoms with van der Waals surface area (Å²) in [7, 11) is 0. The fourth-order valence-corrected chi connectivity index (χ4v) is 3.05. The Hall–Kier alpha value is -3.87. The molecule has 2 aromatic carbocycles. The number of hydrogen-bond donors (Lipinski definition) is 1. The van der Waals surface area contributed by atoms with Gasteiger partial charge in [-0.15, -0.1) is 5.10 Å². The number of benzene rings is 2. The minimum Gasteiger partial charge on any atom is -0.345 e. The average Bonchev–Trinajstić information content (AvgIpc) is 3.25. The van der Waals surface area contributed by atoms with Crippen molar-refractivity contribution in [1.29, 1.82) is 0 Å². The van der Waals surface area contributed by atoms with Crippen LogP contribution in [0.2, 0.25) is 0 Å². The Morgan fingerprint density at radius 1 is 0.966 bits per heavy atom. The van der Waals surface area contributed by atoms with Crippen LogP contribution in [-0.2, 0) is 6.54 Å². The van der Waals surface area contributed by atoms with Crippen LogP contribution in [0.4, 0.5) is 0 Å². The third-order valence-corrected chi connectivity index (χ3v) is 4.50. The average molecular weight is 384 g/mol. The van der Waals surface area contributed by atoms with Gasteiger partial charge >= 0.3 is 0 Å². The summed E-state index contributed by atoms with van der Waals surface area (Å²) in [5, 5.41) is 11.1. The van der Waals surface area contributed by atoms with Crippen molar-refractivity contribution >= 4 is 5.91 Å². The highest BCUT2D eigenvalue weighted by Gasteiger charge is 2.20. The zero-order valence-corrected chi connectivity index (χ0v) is 15.9. The molecule has 0 unspecified atom stereocenters. The molecule has 2 aromatic heterocycles. The molecule has 0 fully saturated rings. The van der Waals surface area contributed by atoms with E-state index in [1.165, 1.54) is 0 Å². The van der Waals surface area contributed by atoms with E-state index in [-0.39, 0.29) is 24.2 Å².